The predicted octanol–water partition coefficient (Wildman–Crippen LogP) is 2.58. The van der Waals surface area contributed by atoms with Crippen LogP contribution in [0, 0.1) is 0 Å². The van der Waals surface area contributed by atoms with Gasteiger partial charge in [-0.25, -0.2) is 0 Å². The normalized spacial score (nSPS) is 16.8. The molecule has 0 saturated heterocycles. The zero-order valence-corrected chi connectivity index (χ0v) is 13.5. The highest BCUT2D eigenvalue weighted by Crippen LogP contribution is 2.32. The van der Waals surface area contributed by atoms with Gasteiger partial charge in [0.1, 0.15) is 0 Å². The lowest BCUT2D eigenvalue weighted by atomic mass is 10.1. The van der Waals surface area contributed by atoms with Gasteiger partial charge in [0, 0.05) is 43.9 Å². The number of aromatic nitrogens is 1. The summed E-state index contributed by atoms with van der Waals surface area (Å²) in [6, 6.07) is -0.623. The molecule has 0 aromatic carbocycles. The Kier molecular flexibility index (Phi) is 5.90. The summed E-state index contributed by atoms with van der Waals surface area (Å²) in [5, 5.41) is 4.79. The molecule has 2 rings (SSSR count). The summed E-state index contributed by atoms with van der Waals surface area (Å²) in [7, 11) is 1.60. The molecule has 1 saturated carbocycles. The van der Waals surface area contributed by atoms with Crippen LogP contribution in [0.2, 0.25) is 0 Å². The van der Waals surface area contributed by atoms with E-state index in [0.717, 1.165) is 25.7 Å². The molecular formula is C16H22F3N3O2. The van der Waals surface area contributed by atoms with E-state index in [1.807, 2.05) is 5.32 Å². The monoisotopic (exact) mass is 345 g/mol. The van der Waals surface area contributed by atoms with Gasteiger partial charge >= 0.3 is 6.18 Å². The van der Waals surface area contributed by atoms with E-state index in [2.05, 4.69) is 5.32 Å². The smallest absolute Gasteiger partial charge is 0.357 e. The molecule has 0 spiro atoms. The molecule has 0 bridgehead atoms. The van der Waals surface area contributed by atoms with Crippen LogP contribution in [0.1, 0.15) is 50.1 Å². The van der Waals surface area contributed by atoms with Crippen LogP contribution in [0.15, 0.2) is 18.5 Å². The maximum absolute atomic E-state index is 13.1. The largest absolute Gasteiger partial charge is 0.412 e. The van der Waals surface area contributed by atoms with Crippen molar-refractivity contribution in [2.45, 2.75) is 56.8 Å². The van der Waals surface area contributed by atoms with E-state index < -0.39 is 18.1 Å². The Bertz CT molecular complexity index is 577. The van der Waals surface area contributed by atoms with E-state index in [1.165, 1.54) is 23.0 Å². The number of hydrogen-bond acceptors (Lipinski definition) is 2. The number of nitrogens with one attached hydrogen (secondary N) is 2. The van der Waals surface area contributed by atoms with Crippen LogP contribution in [0.3, 0.4) is 0 Å². The second-order valence-corrected chi connectivity index (χ2v) is 6.20. The van der Waals surface area contributed by atoms with E-state index in [0.29, 0.717) is 0 Å². The first-order valence-electron chi connectivity index (χ1n) is 8.03. The van der Waals surface area contributed by atoms with E-state index in [1.54, 1.807) is 7.05 Å². The van der Waals surface area contributed by atoms with Gasteiger partial charge in [-0.05, 0) is 18.9 Å². The summed E-state index contributed by atoms with van der Waals surface area (Å²) in [4.78, 5) is 23.6. The summed E-state index contributed by atoms with van der Waals surface area (Å²) in [5.41, 5.74) is -0.0336. The molecule has 1 aliphatic rings. The number of carbonyl (C=O) groups is 2. The van der Waals surface area contributed by atoms with Gasteiger partial charge in [-0.3, -0.25) is 9.59 Å². The third-order valence-corrected chi connectivity index (χ3v) is 4.12. The number of alkyl halides is 3. The fourth-order valence-corrected chi connectivity index (χ4v) is 2.88. The van der Waals surface area contributed by atoms with Gasteiger partial charge in [0.05, 0.1) is 0 Å². The van der Waals surface area contributed by atoms with E-state index in [9.17, 15) is 22.8 Å². The van der Waals surface area contributed by atoms with E-state index >= 15 is 0 Å². The Morgan fingerprint density at radius 1 is 1.25 bits per heavy atom. The maximum Gasteiger partial charge on any atom is 0.412 e. The van der Waals surface area contributed by atoms with Crippen molar-refractivity contribution in [1.82, 2.24) is 15.2 Å². The molecule has 2 N–H and O–H groups in total. The molecule has 1 aromatic heterocycles. The standard InChI is InChI=1S/C16H22F3N3O2/c1-22-9-8-11(10-22)15(16(17,18)19)21-14(24)7-6-13(23)20-12-4-2-3-5-12/h8-10,12,15H,2-7H2,1H3,(H,20,23)(H,21,24)/t15-/m1/s1. The first kappa shape index (κ1) is 18.4. The van der Waals surface area contributed by atoms with Gasteiger partial charge in [0.25, 0.3) is 0 Å². The second-order valence-electron chi connectivity index (χ2n) is 6.20. The van der Waals surface area contributed by atoms with E-state index in [4.69, 9.17) is 0 Å². The van der Waals surface area contributed by atoms with Crippen LogP contribution in [0.5, 0.6) is 0 Å². The zero-order chi connectivity index (χ0) is 17.7. The van der Waals surface area contributed by atoms with Crippen molar-refractivity contribution in [1.29, 1.82) is 0 Å². The SMILES string of the molecule is Cn1ccc([C@@H](NC(=O)CCC(=O)NC2CCCC2)C(F)(F)F)c1. The van der Waals surface area contributed by atoms with Crippen LogP contribution in [-0.2, 0) is 16.6 Å². The molecule has 1 atom stereocenters. The lowest BCUT2D eigenvalue weighted by molar-refractivity contribution is -0.163. The van der Waals surface area contributed by atoms with Gasteiger partial charge in [-0.2, -0.15) is 13.2 Å². The average molecular weight is 345 g/mol. The summed E-state index contributed by atoms with van der Waals surface area (Å²) in [6.45, 7) is 0. The topological polar surface area (TPSA) is 63.1 Å². The Labute approximate surface area is 138 Å². The lowest BCUT2D eigenvalue weighted by Gasteiger charge is -2.21. The highest BCUT2D eigenvalue weighted by Gasteiger charge is 2.42. The molecule has 0 unspecified atom stereocenters. The Balaban J connectivity index is 1.85. The van der Waals surface area contributed by atoms with Crippen LogP contribution in [0.25, 0.3) is 0 Å². The van der Waals surface area contributed by atoms with Crippen LogP contribution in [0.4, 0.5) is 13.2 Å². The molecule has 1 aliphatic carbocycles. The number of aryl methyl sites for hydroxylation is 1. The molecule has 0 radical (unpaired) electrons. The zero-order valence-electron chi connectivity index (χ0n) is 13.5. The number of carbonyl (C=O) groups excluding carboxylic acids is 2. The van der Waals surface area contributed by atoms with Crippen molar-refractivity contribution < 1.29 is 22.8 Å². The summed E-state index contributed by atoms with van der Waals surface area (Å²) in [6.07, 6.45) is 1.79. The Morgan fingerprint density at radius 3 is 2.42 bits per heavy atom. The van der Waals surface area contributed by atoms with Gasteiger partial charge in [0.2, 0.25) is 11.8 Å². The number of amides is 2. The summed E-state index contributed by atoms with van der Waals surface area (Å²) in [5.74, 6) is -1.08. The van der Waals surface area contributed by atoms with Gasteiger partial charge < -0.3 is 15.2 Å². The van der Waals surface area contributed by atoms with Crippen molar-refractivity contribution in [3.05, 3.63) is 24.0 Å². The minimum atomic E-state index is -4.59. The third kappa shape index (κ3) is 5.28. The fourth-order valence-electron chi connectivity index (χ4n) is 2.88. The molecule has 2 amide bonds. The Hall–Kier alpha value is -1.99. The van der Waals surface area contributed by atoms with Crippen LogP contribution in [-0.4, -0.2) is 28.6 Å². The van der Waals surface area contributed by atoms with Gasteiger partial charge in [0.15, 0.2) is 6.04 Å². The van der Waals surface area contributed by atoms with Crippen molar-refractivity contribution in [2.24, 2.45) is 7.05 Å². The Morgan fingerprint density at radius 2 is 1.88 bits per heavy atom. The number of halogens is 3. The molecule has 24 heavy (non-hydrogen) atoms. The quantitative estimate of drug-likeness (QED) is 0.832. The first-order valence-corrected chi connectivity index (χ1v) is 8.03. The third-order valence-electron chi connectivity index (χ3n) is 4.12. The second kappa shape index (κ2) is 7.72. The van der Waals surface area contributed by atoms with Crippen LogP contribution >= 0.6 is 0 Å². The summed E-state index contributed by atoms with van der Waals surface area (Å²) >= 11 is 0. The highest BCUT2D eigenvalue weighted by atomic mass is 19.4. The van der Waals surface area contributed by atoms with Gasteiger partial charge in [-0.15, -0.1) is 0 Å². The lowest BCUT2D eigenvalue weighted by Crippen LogP contribution is -2.39. The predicted molar refractivity (Wildman–Crippen MR) is 82.0 cm³/mol. The van der Waals surface area contributed by atoms with Gasteiger partial charge in [-0.1, -0.05) is 12.8 Å². The van der Waals surface area contributed by atoms with Crippen molar-refractivity contribution >= 4 is 11.8 Å². The number of rotatable bonds is 6. The minimum absolute atomic E-state index is 0.0336. The molecule has 1 heterocycles. The molecule has 0 aliphatic heterocycles. The molecule has 134 valence electrons. The number of hydrogen-bond donors (Lipinski definition) is 2. The first-order chi connectivity index (χ1) is 11.3. The molecule has 8 heteroatoms. The fraction of sp³-hybridized carbons (Fsp3) is 0.625. The molecule has 5 nitrogen and oxygen atoms in total. The average Bonchev–Trinajstić information content (AvgIpc) is 3.13. The maximum atomic E-state index is 13.1. The van der Waals surface area contributed by atoms with E-state index in [-0.39, 0.29) is 30.4 Å². The van der Waals surface area contributed by atoms with Crippen molar-refractivity contribution in [2.75, 3.05) is 0 Å². The summed E-state index contributed by atoms with van der Waals surface area (Å²) < 4.78 is 40.9. The molecule has 1 fully saturated rings. The molecule has 1 aromatic rings. The highest BCUT2D eigenvalue weighted by molar-refractivity contribution is 5.84. The number of nitrogens with zero attached hydrogens (tertiary/aromatic N) is 1. The van der Waals surface area contributed by atoms with Crippen LogP contribution < -0.4 is 10.6 Å². The van der Waals surface area contributed by atoms with Crippen molar-refractivity contribution in [3.8, 4) is 0 Å². The molecular weight excluding hydrogens is 323 g/mol. The van der Waals surface area contributed by atoms with Crippen molar-refractivity contribution in [3.63, 3.8) is 0 Å². The minimum Gasteiger partial charge on any atom is -0.357 e.